The van der Waals surface area contributed by atoms with Crippen molar-refractivity contribution in [1.82, 2.24) is 5.32 Å². The number of piperidine rings is 1. The first-order chi connectivity index (χ1) is 14.0. The third-order valence-corrected chi connectivity index (χ3v) is 5.53. The van der Waals surface area contributed by atoms with E-state index in [0.29, 0.717) is 12.5 Å². The van der Waals surface area contributed by atoms with Crippen molar-refractivity contribution in [2.45, 2.75) is 45.1 Å². The van der Waals surface area contributed by atoms with Crippen molar-refractivity contribution < 1.29 is 9.90 Å². The number of aliphatic hydroxyl groups excluding tert-OH is 1. The Morgan fingerprint density at radius 3 is 2.48 bits per heavy atom. The van der Waals surface area contributed by atoms with Crippen LogP contribution in [0.2, 0.25) is 0 Å². The minimum absolute atomic E-state index is 0.00679. The van der Waals surface area contributed by atoms with Gasteiger partial charge in [-0.3, -0.25) is 4.79 Å². The smallest absolute Gasteiger partial charge is 0.239 e. The van der Waals surface area contributed by atoms with Crippen molar-refractivity contribution in [3.05, 3.63) is 59.7 Å². The first-order valence-electron chi connectivity index (χ1n) is 10.6. The van der Waals surface area contributed by atoms with Crippen LogP contribution < -0.4 is 15.5 Å². The van der Waals surface area contributed by atoms with Crippen LogP contribution in [0.3, 0.4) is 0 Å². The Labute approximate surface area is 174 Å². The van der Waals surface area contributed by atoms with Crippen LogP contribution in [-0.2, 0) is 11.2 Å². The molecule has 0 aromatic heterocycles. The van der Waals surface area contributed by atoms with E-state index in [1.807, 2.05) is 18.2 Å². The van der Waals surface area contributed by atoms with Gasteiger partial charge in [-0.1, -0.05) is 50.2 Å². The lowest BCUT2D eigenvalue weighted by molar-refractivity contribution is -0.119. The van der Waals surface area contributed by atoms with Crippen LogP contribution >= 0.6 is 0 Å². The molecule has 0 radical (unpaired) electrons. The molecule has 0 spiro atoms. The number of carbonyl (C=O) groups is 1. The summed E-state index contributed by atoms with van der Waals surface area (Å²) < 4.78 is 0. The van der Waals surface area contributed by atoms with Crippen molar-refractivity contribution in [2.24, 2.45) is 0 Å². The lowest BCUT2D eigenvalue weighted by Crippen LogP contribution is -2.36. The number of nitrogens with one attached hydrogen (secondary N) is 2. The number of aliphatic hydroxyl groups is 1. The highest BCUT2D eigenvalue weighted by Gasteiger charge is 2.19. The SMILES string of the molecule is CC(C)c1ccc(CCNC(=O)CNc2ccccc2N2CCC(O)CC2)cc1. The third kappa shape index (κ3) is 6.23. The highest BCUT2D eigenvalue weighted by Crippen LogP contribution is 2.28. The topological polar surface area (TPSA) is 64.6 Å². The number of para-hydroxylation sites is 2. The predicted octanol–water partition coefficient (Wildman–Crippen LogP) is 3.54. The van der Waals surface area contributed by atoms with Gasteiger partial charge in [0.05, 0.1) is 24.0 Å². The molecule has 29 heavy (non-hydrogen) atoms. The van der Waals surface area contributed by atoms with Gasteiger partial charge in [0.1, 0.15) is 0 Å². The van der Waals surface area contributed by atoms with E-state index < -0.39 is 0 Å². The summed E-state index contributed by atoms with van der Waals surface area (Å²) in [6.45, 7) is 6.93. The molecule has 1 saturated heterocycles. The number of carbonyl (C=O) groups excluding carboxylic acids is 1. The maximum atomic E-state index is 12.3. The Kier molecular flexibility index (Phi) is 7.53. The molecule has 0 saturated carbocycles. The summed E-state index contributed by atoms with van der Waals surface area (Å²) in [7, 11) is 0. The molecule has 1 aliphatic rings. The molecule has 2 aromatic rings. The normalized spacial score (nSPS) is 14.8. The van der Waals surface area contributed by atoms with E-state index in [1.54, 1.807) is 0 Å². The van der Waals surface area contributed by atoms with E-state index in [-0.39, 0.29) is 18.6 Å². The van der Waals surface area contributed by atoms with Crippen molar-refractivity contribution in [2.75, 3.05) is 36.4 Å². The van der Waals surface area contributed by atoms with Gasteiger partial charge in [0, 0.05) is 19.6 Å². The number of nitrogens with zero attached hydrogens (tertiary/aromatic N) is 1. The van der Waals surface area contributed by atoms with E-state index in [2.05, 4.69) is 59.7 Å². The molecule has 5 heteroatoms. The first-order valence-corrected chi connectivity index (χ1v) is 10.6. The summed E-state index contributed by atoms with van der Waals surface area (Å²) in [6, 6.07) is 16.7. The Bertz CT molecular complexity index is 781. The molecule has 3 rings (SSSR count). The fourth-order valence-electron chi connectivity index (χ4n) is 3.66. The summed E-state index contributed by atoms with van der Waals surface area (Å²) in [4.78, 5) is 14.5. The molecule has 2 aromatic carbocycles. The average Bonchev–Trinajstić information content (AvgIpc) is 2.73. The van der Waals surface area contributed by atoms with Crippen LogP contribution in [0.15, 0.2) is 48.5 Å². The number of hydrogen-bond acceptors (Lipinski definition) is 4. The van der Waals surface area contributed by atoms with Gasteiger partial charge in [0.2, 0.25) is 5.91 Å². The molecular weight excluding hydrogens is 362 g/mol. The first kappa shape index (κ1) is 21.2. The molecular formula is C24H33N3O2. The zero-order valence-electron chi connectivity index (χ0n) is 17.5. The Morgan fingerprint density at radius 1 is 1.10 bits per heavy atom. The number of hydrogen-bond donors (Lipinski definition) is 3. The largest absolute Gasteiger partial charge is 0.393 e. The highest BCUT2D eigenvalue weighted by atomic mass is 16.3. The lowest BCUT2D eigenvalue weighted by Gasteiger charge is -2.32. The third-order valence-electron chi connectivity index (χ3n) is 5.53. The fourth-order valence-corrected chi connectivity index (χ4v) is 3.66. The van der Waals surface area contributed by atoms with Gasteiger partial charge in [0.15, 0.2) is 0 Å². The second-order valence-electron chi connectivity index (χ2n) is 8.09. The van der Waals surface area contributed by atoms with Crippen LogP contribution in [-0.4, -0.2) is 43.3 Å². The van der Waals surface area contributed by atoms with Gasteiger partial charge in [-0.2, -0.15) is 0 Å². The molecule has 0 unspecified atom stereocenters. The molecule has 3 N–H and O–H groups in total. The Balaban J connectivity index is 1.45. The summed E-state index contributed by atoms with van der Waals surface area (Å²) in [5, 5.41) is 16.0. The second kappa shape index (κ2) is 10.3. The van der Waals surface area contributed by atoms with Crippen LogP contribution in [0.25, 0.3) is 0 Å². The van der Waals surface area contributed by atoms with Crippen molar-refractivity contribution in [3.63, 3.8) is 0 Å². The van der Waals surface area contributed by atoms with Gasteiger partial charge in [-0.25, -0.2) is 0 Å². The van der Waals surface area contributed by atoms with Crippen molar-refractivity contribution in [1.29, 1.82) is 0 Å². The molecule has 1 heterocycles. The minimum Gasteiger partial charge on any atom is -0.393 e. The average molecular weight is 396 g/mol. The molecule has 1 amide bonds. The molecule has 156 valence electrons. The maximum Gasteiger partial charge on any atom is 0.239 e. The Morgan fingerprint density at radius 2 is 1.79 bits per heavy atom. The molecule has 1 fully saturated rings. The van der Waals surface area contributed by atoms with Crippen LogP contribution in [0, 0.1) is 0 Å². The molecule has 0 aliphatic carbocycles. The van der Waals surface area contributed by atoms with E-state index in [0.717, 1.165) is 43.7 Å². The van der Waals surface area contributed by atoms with Crippen LogP contribution in [0.1, 0.15) is 43.7 Å². The lowest BCUT2D eigenvalue weighted by atomic mass is 10.0. The molecule has 1 aliphatic heterocycles. The van der Waals surface area contributed by atoms with Gasteiger partial charge < -0.3 is 20.6 Å². The number of amides is 1. The predicted molar refractivity (Wildman–Crippen MR) is 120 cm³/mol. The van der Waals surface area contributed by atoms with Gasteiger partial charge in [-0.05, 0) is 48.4 Å². The maximum absolute atomic E-state index is 12.3. The molecule has 0 bridgehead atoms. The van der Waals surface area contributed by atoms with E-state index in [1.165, 1.54) is 11.1 Å². The fraction of sp³-hybridized carbons (Fsp3) is 0.458. The van der Waals surface area contributed by atoms with Crippen LogP contribution in [0.5, 0.6) is 0 Å². The van der Waals surface area contributed by atoms with Crippen molar-refractivity contribution >= 4 is 17.3 Å². The summed E-state index contributed by atoms with van der Waals surface area (Å²) in [5.74, 6) is 0.528. The highest BCUT2D eigenvalue weighted by molar-refractivity contribution is 5.82. The minimum atomic E-state index is -0.196. The quantitative estimate of drug-likeness (QED) is 0.640. The monoisotopic (exact) mass is 395 g/mol. The zero-order valence-corrected chi connectivity index (χ0v) is 17.5. The standard InChI is InChI=1S/C24H33N3O2/c1-18(2)20-9-7-19(8-10-20)11-14-25-24(29)17-26-22-5-3-4-6-23(22)27-15-12-21(28)13-16-27/h3-10,18,21,26,28H,11-17H2,1-2H3,(H,25,29). The summed E-state index contributed by atoms with van der Waals surface area (Å²) in [6.07, 6.45) is 2.20. The van der Waals surface area contributed by atoms with Gasteiger partial charge in [-0.15, -0.1) is 0 Å². The summed E-state index contributed by atoms with van der Waals surface area (Å²) in [5.41, 5.74) is 4.63. The second-order valence-corrected chi connectivity index (χ2v) is 8.09. The van der Waals surface area contributed by atoms with Crippen LogP contribution in [0.4, 0.5) is 11.4 Å². The van der Waals surface area contributed by atoms with E-state index in [4.69, 9.17) is 0 Å². The molecule has 5 nitrogen and oxygen atoms in total. The summed E-state index contributed by atoms with van der Waals surface area (Å²) >= 11 is 0. The molecule has 0 atom stereocenters. The van der Waals surface area contributed by atoms with E-state index >= 15 is 0 Å². The zero-order chi connectivity index (χ0) is 20.6. The number of anilines is 2. The number of rotatable bonds is 8. The van der Waals surface area contributed by atoms with E-state index in [9.17, 15) is 9.90 Å². The Hall–Kier alpha value is -2.53. The van der Waals surface area contributed by atoms with Gasteiger partial charge in [0.25, 0.3) is 0 Å². The van der Waals surface area contributed by atoms with Crippen molar-refractivity contribution in [3.8, 4) is 0 Å². The number of benzene rings is 2. The van der Waals surface area contributed by atoms with Gasteiger partial charge >= 0.3 is 0 Å².